The number of hydrogen-bond donors (Lipinski definition) is 1. The second kappa shape index (κ2) is 3.61. The molecule has 0 bridgehead atoms. The van der Waals surface area contributed by atoms with E-state index in [1.807, 2.05) is 6.20 Å². The van der Waals surface area contributed by atoms with Crippen molar-refractivity contribution in [3.63, 3.8) is 0 Å². The molecule has 0 radical (unpaired) electrons. The Hall–Kier alpha value is -0.870. The standard InChI is InChI=1S/C11H17N3O/c12-9-3-4-15-11(5-9)8-6-13-14(7-8)10-1-2-10/h6-7,9-11H,1-5,12H2. The van der Waals surface area contributed by atoms with Gasteiger partial charge in [0, 0.05) is 24.4 Å². The lowest BCUT2D eigenvalue weighted by molar-refractivity contribution is 0.00662. The van der Waals surface area contributed by atoms with Crippen LogP contribution in [0, 0.1) is 0 Å². The zero-order chi connectivity index (χ0) is 10.3. The lowest BCUT2D eigenvalue weighted by Gasteiger charge is -2.26. The van der Waals surface area contributed by atoms with Crippen molar-refractivity contribution in [3.8, 4) is 0 Å². The summed E-state index contributed by atoms with van der Waals surface area (Å²) in [5.74, 6) is 0. The average Bonchev–Trinajstić information content (AvgIpc) is 2.97. The van der Waals surface area contributed by atoms with Gasteiger partial charge in [0.05, 0.1) is 18.3 Å². The lowest BCUT2D eigenvalue weighted by atomic mass is 10.0. The minimum absolute atomic E-state index is 0.168. The lowest BCUT2D eigenvalue weighted by Crippen LogP contribution is -2.30. The molecule has 3 rings (SSSR count). The quantitative estimate of drug-likeness (QED) is 0.797. The van der Waals surface area contributed by atoms with Crippen molar-refractivity contribution >= 4 is 0 Å². The molecule has 2 N–H and O–H groups in total. The molecule has 4 heteroatoms. The average molecular weight is 207 g/mol. The van der Waals surface area contributed by atoms with Crippen molar-refractivity contribution in [2.45, 2.75) is 43.9 Å². The normalized spacial score (nSPS) is 31.8. The van der Waals surface area contributed by atoms with Gasteiger partial charge in [0.25, 0.3) is 0 Å². The second-order valence-corrected chi connectivity index (χ2v) is 4.63. The summed E-state index contributed by atoms with van der Waals surface area (Å²) < 4.78 is 7.78. The molecule has 15 heavy (non-hydrogen) atoms. The molecule has 2 unspecified atom stereocenters. The van der Waals surface area contributed by atoms with Gasteiger partial charge in [0.15, 0.2) is 0 Å². The molecule has 4 nitrogen and oxygen atoms in total. The minimum Gasteiger partial charge on any atom is -0.373 e. The van der Waals surface area contributed by atoms with Crippen molar-refractivity contribution < 1.29 is 4.74 Å². The first kappa shape index (κ1) is 9.36. The van der Waals surface area contributed by atoms with Gasteiger partial charge < -0.3 is 10.5 Å². The van der Waals surface area contributed by atoms with E-state index in [1.54, 1.807) is 0 Å². The Morgan fingerprint density at radius 2 is 2.27 bits per heavy atom. The van der Waals surface area contributed by atoms with Crippen LogP contribution in [0.15, 0.2) is 12.4 Å². The van der Waals surface area contributed by atoms with E-state index >= 15 is 0 Å². The monoisotopic (exact) mass is 207 g/mol. The SMILES string of the molecule is NC1CCOC(c2cnn(C3CC3)c2)C1. The maximum Gasteiger partial charge on any atom is 0.0870 e. The molecule has 1 aliphatic heterocycles. The van der Waals surface area contributed by atoms with E-state index < -0.39 is 0 Å². The van der Waals surface area contributed by atoms with Crippen LogP contribution in [-0.2, 0) is 4.74 Å². The first-order valence-electron chi connectivity index (χ1n) is 5.74. The van der Waals surface area contributed by atoms with Crippen LogP contribution >= 0.6 is 0 Å². The summed E-state index contributed by atoms with van der Waals surface area (Å²) in [6.45, 7) is 0.778. The third-order valence-electron chi connectivity index (χ3n) is 3.24. The summed E-state index contributed by atoms with van der Waals surface area (Å²) in [6, 6.07) is 0.934. The van der Waals surface area contributed by atoms with Gasteiger partial charge >= 0.3 is 0 Å². The first-order chi connectivity index (χ1) is 7.33. The topological polar surface area (TPSA) is 53.1 Å². The van der Waals surface area contributed by atoms with Crippen LogP contribution in [0.4, 0.5) is 0 Å². The van der Waals surface area contributed by atoms with Gasteiger partial charge in [-0.1, -0.05) is 0 Å². The summed E-state index contributed by atoms with van der Waals surface area (Å²) in [5, 5.41) is 4.37. The van der Waals surface area contributed by atoms with Crippen LogP contribution in [0.25, 0.3) is 0 Å². The van der Waals surface area contributed by atoms with Gasteiger partial charge in [0.1, 0.15) is 0 Å². The zero-order valence-corrected chi connectivity index (χ0v) is 8.80. The zero-order valence-electron chi connectivity index (χ0n) is 8.80. The van der Waals surface area contributed by atoms with Crippen LogP contribution in [0.2, 0.25) is 0 Å². The molecule has 1 saturated heterocycles. The number of nitrogens with two attached hydrogens (primary N) is 1. The third kappa shape index (κ3) is 1.92. The van der Waals surface area contributed by atoms with Crippen molar-refractivity contribution in [3.05, 3.63) is 18.0 Å². The molecule has 82 valence electrons. The van der Waals surface area contributed by atoms with E-state index in [2.05, 4.69) is 16.0 Å². The predicted molar refractivity (Wildman–Crippen MR) is 56.4 cm³/mol. The van der Waals surface area contributed by atoms with E-state index in [9.17, 15) is 0 Å². The predicted octanol–water partition coefficient (Wildman–Crippen LogP) is 1.40. The molecule has 2 heterocycles. The summed E-state index contributed by atoms with van der Waals surface area (Å²) in [7, 11) is 0. The Morgan fingerprint density at radius 1 is 1.40 bits per heavy atom. The number of ether oxygens (including phenoxy) is 1. The number of nitrogens with zero attached hydrogens (tertiary/aromatic N) is 2. The van der Waals surface area contributed by atoms with E-state index in [1.165, 1.54) is 18.4 Å². The van der Waals surface area contributed by atoms with E-state index in [-0.39, 0.29) is 12.1 Å². The highest BCUT2D eigenvalue weighted by atomic mass is 16.5. The van der Waals surface area contributed by atoms with Crippen molar-refractivity contribution in [1.29, 1.82) is 0 Å². The van der Waals surface area contributed by atoms with Gasteiger partial charge in [-0.25, -0.2) is 0 Å². The Balaban J connectivity index is 1.73. The van der Waals surface area contributed by atoms with Gasteiger partial charge in [-0.2, -0.15) is 5.10 Å². The number of hydrogen-bond acceptors (Lipinski definition) is 3. The largest absolute Gasteiger partial charge is 0.373 e. The molecular weight excluding hydrogens is 190 g/mol. The minimum atomic E-state index is 0.168. The van der Waals surface area contributed by atoms with Crippen LogP contribution in [0.5, 0.6) is 0 Å². The summed E-state index contributed by atoms with van der Waals surface area (Å²) in [6.07, 6.45) is 8.67. The smallest absolute Gasteiger partial charge is 0.0870 e. The Labute approximate surface area is 89.4 Å². The molecule has 1 aliphatic carbocycles. The highest BCUT2D eigenvalue weighted by molar-refractivity contribution is 5.11. The molecule has 0 aromatic carbocycles. The number of aromatic nitrogens is 2. The summed E-state index contributed by atoms with van der Waals surface area (Å²) in [5.41, 5.74) is 7.13. The molecule has 2 atom stereocenters. The molecule has 0 amide bonds. The first-order valence-corrected chi connectivity index (χ1v) is 5.74. The highest BCUT2D eigenvalue weighted by Gasteiger charge is 2.27. The summed E-state index contributed by atoms with van der Waals surface area (Å²) >= 11 is 0. The second-order valence-electron chi connectivity index (χ2n) is 4.63. The van der Waals surface area contributed by atoms with E-state index in [4.69, 9.17) is 10.5 Å². The van der Waals surface area contributed by atoms with Crippen LogP contribution < -0.4 is 5.73 Å². The van der Waals surface area contributed by atoms with Crippen LogP contribution in [0.1, 0.15) is 43.4 Å². The van der Waals surface area contributed by atoms with Crippen molar-refractivity contribution in [2.24, 2.45) is 5.73 Å². The fourth-order valence-electron chi connectivity index (χ4n) is 2.11. The number of rotatable bonds is 2. The fourth-order valence-corrected chi connectivity index (χ4v) is 2.11. The van der Waals surface area contributed by atoms with Gasteiger partial charge in [-0.3, -0.25) is 4.68 Å². The molecular formula is C11H17N3O. The van der Waals surface area contributed by atoms with Crippen molar-refractivity contribution in [1.82, 2.24) is 9.78 Å². The van der Waals surface area contributed by atoms with Gasteiger partial charge in [0.2, 0.25) is 0 Å². The highest BCUT2D eigenvalue weighted by Crippen LogP contribution is 2.35. The van der Waals surface area contributed by atoms with E-state index in [0.717, 1.165) is 19.4 Å². The Morgan fingerprint density at radius 3 is 3.00 bits per heavy atom. The third-order valence-corrected chi connectivity index (χ3v) is 3.24. The molecule has 2 fully saturated rings. The molecule has 1 aromatic heterocycles. The van der Waals surface area contributed by atoms with E-state index in [0.29, 0.717) is 6.04 Å². The Bertz CT molecular complexity index is 345. The van der Waals surface area contributed by atoms with Crippen LogP contribution in [-0.4, -0.2) is 22.4 Å². The molecule has 0 spiro atoms. The molecule has 1 saturated carbocycles. The van der Waals surface area contributed by atoms with Crippen LogP contribution in [0.3, 0.4) is 0 Å². The van der Waals surface area contributed by atoms with Crippen molar-refractivity contribution in [2.75, 3.05) is 6.61 Å². The Kier molecular flexibility index (Phi) is 2.25. The molecule has 1 aromatic rings. The van der Waals surface area contributed by atoms with Gasteiger partial charge in [-0.15, -0.1) is 0 Å². The molecule has 2 aliphatic rings. The summed E-state index contributed by atoms with van der Waals surface area (Å²) in [4.78, 5) is 0. The fraction of sp³-hybridized carbons (Fsp3) is 0.727. The van der Waals surface area contributed by atoms with Gasteiger partial charge in [-0.05, 0) is 25.7 Å². The maximum atomic E-state index is 5.93. The maximum absolute atomic E-state index is 5.93.